The van der Waals surface area contributed by atoms with Crippen molar-refractivity contribution in [2.45, 2.75) is 13.3 Å². The highest BCUT2D eigenvalue weighted by atomic mass is 16.2. The average Bonchev–Trinajstić information content (AvgIpc) is 2.65. The van der Waals surface area contributed by atoms with Gasteiger partial charge in [0.2, 0.25) is 5.91 Å². The zero-order valence-electron chi connectivity index (χ0n) is 14.5. The molecule has 2 aromatic rings. The number of hydrogen-bond donors (Lipinski definition) is 4. The van der Waals surface area contributed by atoms with Crippen LogP contribution in [0.1, 0.15) is 34.1 Å². The third kappa shape index (κ3) is 5.34. The fraction of sp³-hybridized carbons (Fsp3) is 0.211. The summed E-state index contributed by atoms with van der Waals surface area (Å²) in [5.41, 5.74) is 7.17. The number of nitrogens with one attached hydrogen (secondary N) is 3. The fourth-order valence-corrected chi connectivity index (χ4v) is 2.26. The molecule has 0 saturated heterocycles. The Morgan fingerprint density at radius 3 is 2.35 bits per heavy atom. The van der Waals surface area contributed by atoms with Gasteiger partial charge in [-0.05, 0) is 42.8 Å². The normalized spacial score (nSPS) is 10.0. The monoisotopic (exact) mass is 354 g/mol. The number of carbonyl (C=O) groups excluding carboxylic acids is 3. The van der Waals surface area contributed by atoms with E-state index in [1.807, 2.05) is 6.92 Å². The zero-order valence-corrected chi connectivity index (χ0v) is 14.5. The molecule has 0 bridgehead atoms. The first-order valence-electron chi connectivity index (χ1n) is 8.32. The molecular weight excluding hydrogens is 332 g/mol. The first kappa shape index (κ1) is 19.0. The van der Waals surface area contributed by atoms with Gasteiger partial charge in [0.1, 0.15) is 0 Å². The van der Waals surface area contributed by atoms with Crippen LogP contribution in [0.15, 0.2) is 48.5 Å². The first-order valence-corrected chi connectivity index (χ1v) is 8.32. The molecular formula is C19H22N4O3. The second-order valence-corrected chi connectivity index (χ2v) is 5.64. The van der Waals surface area contributed by atoms with Crippen molar-refractivity contribution in [3.8, 4) is 0 Å². The van der Waals surface area contributed by atoms with Crippen LogP contribution >= 0.6 is 0 Å². The van der Waals surface area contributed by atoms with Gasteiger partial charge in [-0.1, -0.05) is 19.1 Å². The minimum Gasteiger partial charge on any atom is -0.376 e. The molecule has 0 aliphatic carbocycles. The Kier molecular flexibility index (Phi) is 6.73. The van der Waals surface area contributed by atoms with Crippen molar-refractivity contribution in [1.29, 1.82) is 0 Å². The van der Waals surface area contributed by atoms with Gasteiger partial charge in [0.05, 0.1) is 17.8 Å². The van der Waals surface area contributed by atoms with E-state index in [0.29, 0.717) is 23.5 Å². The van der Waals surface area contributed by atoms with Crippen LogP contribution in [0, 0.1) is 0 Å². The van der Waals surface area contributed by atoms with E-state index >= 15 is 0 Å². The van der Waals surface area contributed by atoms with Gasteiger partial charge in [-0.15, -0.1) is 0 Å². The summed E-state index contributed by atoms with van der Waals surface area (Å²) in [4.78, 5) is 35.3. The molecule has 136 valence electrons. The van der Waals surface area contributed by atoms with E-state index in [1.54, 1.807) is 48.5 Å². The lowest BCUT2D eigenvalue weighted by Gasteiger charge is -2.10. The van der Waals surface area contributed by atoms with Crippen LogP contribution < -0.4 is 21.7 Å². The highest BCUT2D eigenvalue weighted by Crippen LogP contribution is 2.14. The van der Waals surface area contributed by atoms with E-state index in [0.717, 1.165) is 6.42 Å². The molecule has 0 spiro atoms. The van der Waals surface area contributed by atoms with Crippen LogP contribution in [0.3, 0.4) is 0 Å². The summed E-state index contributed by atoms with van der Waals surface area (Å²) in [6.07, 6.45) is 0.874. The number of amides is 3. The Bertz CT molecular complexity index is 788. The molecule has 2 aromatic carbocycles. The first-order chi connectivity index (χ1) is 12.5. The summed E-state index contributed by atoms with van der Waals surface area (Å²) < 4.78 is 0. The molecule has 5 N–H and O–H groups in total. The molecule has 26 heavy (non-hydrogen) atoms. The van der Waals surface area contributed by atoms with Crippen molar-refractivity contribution in [2.24, 2.45) is 5.73 Å². The molecule has 3 amide bonds. The maximum Gasteiger partial charge on any atom is 0.251 e. The van der Waals surface area contributed by atoms with Crippen LogP contribution in [-0.4, -0.2) is 30.8 Å². The fourth-order valence-electron chi connectivity index (χ4n) is 2.26. The van der Waals surface area contributed by atoms with Gasteiger partial charge in [0.25, 0.3) is 11.8 Å². The summed E-state index contributed by atoms with van der Waals surface area (Å²) in [6, 6.07) is 13.4. The standard InChI is InChI=1S/C19H22N4O3/c1-2-11-21-19(26)13-7-9-14(10-8-13)22-12-17(24)23-16-6-4-3-5-15(16)18(20)25/h3-10,22H,2,11-12H2,1H3,(H2,20,25)(H,21,26)(H,23,24). The Hall–Kier alpha value is -3.35. The molecule has 0 unspecified atom stereocenters. The number of para-hydroxylation sites is 1. The Morgan fingerprint density at radius 2 is 1.69 bits per heavy atom. The largest absolute Gasteiger partial charge is 0.376 e. The minimum atomic E-state index is -0.606. The van der Waals surface area contributed by atoms with Gasteiger partial charge >= 0.3 is 0 Å². The maximum atomic E-state index is 12.1. The molecule has 0 aliphatic heterocycles. The van der Waals surface area contributed by atoms with Crippen LogP contribution in [0.2, 0.25) is 0 Å². The Balaban J connectivity index is 1.90. The number of carbonyl (C=O) groups is 3. The second kappa shape index (κ2) is 9.22. The number of hydrogen-bond acceptors (Lipinski definition) is 4. The average molecular weight is 354 g/mol. The highest BCUT2D eigenvalue weighted by molar-refractivity contribution is 6.03. The zero-order chi connectivity index (χ0) is 18.9. The van der Waals surface area contributed by atoms with Gasteiger partial charge in [0, 0.05) is 17.8 Å². The van der Waals surface area contributed by atoms with Crippen LogP contribution in [0.4, 0.5) is 11.4 Å². The topological polar surface area (TPSA) is 113 Å². The maximum absolute atomic E-state index is 12.1. The SMILES string of the molecule is CCCNC(=O)c1ccc(NCC(=O)Nc2ccccc2C(N)=O)cc1. The molecule has 0 aromatic heterocycles. The second-order valence-electron chi connectivity index (χ2n) is 5.64. The van der Waals surface area contributed by atoms with Gasteiger partial charge < -0.3 is 21.7 Å². The molecule has 0 saturated carbocycles. The van der Waals surface area contributed by atoms with E-state index < -0.39 is 5.91 Å². The van der Waals surface area contributed by atoms with Gasteiger partial charge in [-0.3, -0.25) is 14.4 Å². The number of nitrogens with two attached hydrogens (primary N) is 1. The van der Waals surface area contributed by atoms with Crippen molar-refractivity contribution in [3.05, 3.63) is 59.7 Å². The Labute approximate surface area is 152 Å². The van der Waals surface area contributed by atoms with E-state index in [1.165, 1.54) is 0 Å². The molecule has 0 aliphatic rings. The van der Waals surface area contributed by atoms with Crippen LogP contribution in [0.25, 0.3) is 0 Å². The van der Waals surface area contributed by atoms with Crippen molar-refractivity contribution in [2.75, 3.05) is 23.7 Å². The minimum absolute atomic E-state index is 0.00841. The van der Waals surface area contributed by atoms with Gasteiger partial charge in [-0.2, -0.15) is 0 Å². The van der Waals surface area contributed by atoms with Crippen molar-refractivity contribution < 1.29 is 14.4 Å². The van der Waals surface area contributed by atoms with Crippen molar-refractivity contribution >= 4 is 29.1 Å². The van der Waals surface area contributed by atoms with E-state index in [-0.39, 0.29) is 23.9 Å². The molecule has 0 radical (unpaired) electrons. The lowest BCUT2D eigenvalue weighted by molar-refractivity contribution is -0.114. The van der Waals surface area contributed by atoms with Crippen LogP contribution in [0.5, 0.6) is 0 Å². The number of benzene rings is 2. The smallest absolute Gasteiger partial charge is 0.251 e. The molecule has 0 heterocycles. The Morgan fingerprint density at radius 1 is 1.00 bits per heavy atom. The van der Waals surface area contributed by atoms with Gasteiger partial charge in [-0.25, -0.2) is 0 Å². The summed E-state index contributed by atoms with van der Waals surface area (Å²) in [7, 11) is 0. The van der Waals surface area contributed by atoms with Crippen molar-refractivity contribution in [1.82, 2.24) is 5.32 Å². The number of rotatable bonds is 8. The third-order valence-corrected chi connectivity index (χ3v) is 3.60. The third-order valence-electron chi connectivity index (χ3n) is 3.60. The lowest BCUT2D eigenvalue weighted by atomic mass is 10.1. The number of anilines is 2. The van der Waals surface area contributed by atoms with E-state index in [4.69, 9.17) is 5.73 Å². The van der Waals surface area contributed by atoms with Crippen LogP contribution in [-0.2, 0) is 4.79 Å². The molecule has 2 rings (SSSR count). The van der Waals surface area contributed by atoms with E-state index in [9.17, 15) is 14.4 Å². The quantitative estimate of drug-likeness (QED) is 0.580. The predicted octanol–water partition coefficient (Wildman–Crippen LogP) is 1.98. The van der Waals surface area contributed by atoms with Crippen molar-refractivity contribution in [3.63, 3.8) is 0 Å². The molecule has 7 heteroatoms. The summed E-state index contributed by atoms with van der Waals surface area (Å²) in [5, 5.41) is 8.41. The summed E-state index contributed by atoms with van der Waals surface area (Å²) >= 11 is 0. The summed E-state index contributed by atoms with van der Waals surface area (Å²) in [6.45, 7) is 2.63. The van der Waals surface area contributed by atoms with Gasteiger partial charge in [0.15, 0.2) is 0 Å². The molecule has 7 nitrogen and oxygen atoms in total. The lowest BCUT2D eigenvalue weighted by Crippen LogP contribution is -2.24. The molecule has 0 atom stereocenters. The predicted molar refractivity (Wildman–Crippen MR) is 101 cm³/mol. The highest BCUT2D eigenvalue weighted by Gasteiger charge is 2.10. The number of primary amides is 1. The molecule has 0 fully saturated rings. The van der Waals surface area contributed by atoms with E-state index in [2.05, 4.69) is 16.0 Å². The summed E-state index contributed by atoms with van der Waals surface area (Å²) in [5.74, 6) is -1.05.